The van der Waals surface area contributed by atoms with Crippen molar-refractivity contribution < 1.29 is 23.2 Å². The number of ether oxygens (including phenoxy) is 1. The summed E-state index contributed by atoms with van der Waals surface area (Å²) in [4.78, 5) is 11.7. The first kappa shape index (κ1) is 19.9. The summed E-state index contributed by atoms with van der Waals surface area (Å²) in [6, 6.07) is 3.49. The molecule has 1 aromatic rings. The number of carbonyl (C=O) groups excluding carboxylic acids is 1. The van der Waals surface area contributed by atoms with Gasteiger partial charge in [0.25, 0.3) is 0 Å². The van der Waals surface area contributed by atoms with Gasteiger partial charge in [0.2, 0.25) is 0 Å². The Bertz CT molecular complexity index is 641. The molecule has 0 bridgehead atoms. The summed E-state index contributed by atoms with van der Waals surface area (Å²) in [6.07, 6.45) is 0.136. The topological polar surface area (TPSA) is 44.8 Å². The lowest BCUT2D eigenvalue weighted by Crippen LogP contribution is -2.41. The van der Waals surface area contributed by atoms with Gasteiger partial charge in [-0.3, -0.25) is 4.79 Å². The van der Waals surface area contributed by atoms with E-state index >= 15 is 0 Å². The number of hydrogen-bond donors (Lipinski definition) is 0. The van der Waals surface area contributed by atoms with Gasteiger partial charge in [0, 0.05) is 0 Å². The summed E-state index contributed by atoms with van der Waals surface area (Å²) >= 11 is 0. The van der Waals surface area contributed by atoms with Crippen LogP contribution in [0, 0.1) is 12.7 Å². The lowest BCUT2D eigenvalue weighted by molar-refractivity contribution is -0.143. The molecule has 0 spiro atoms. The molecule has 1 aliphatic heterocycles. The largest absolute Gasteiger partial charge is 0.494 e. The Kier molecular flexibility index (Phi) is 5.64. The van der Waals surface area contributed by atoms with Crippen molar-refractivity contribution in [3.05, 3.63) is 29.1 Å². The zero-order valence-electron chi connectivity index (χ0n) is 16.2. The predicted molar refractivity (Wildman–Crippen MR) is 96.5 cm³/mol. The summed E-state index contributed by atoms with van der Waals surface area (Å²) in [5.74, 6) is -0.912. The second-order valence-corrected chi connectivity index (χ2v) is 7.74. The van der Waals surface area contributed by atoms with Crippen molar-refractivity contribution in [2.24, 2.45) is 0 Å². The molecule has 0 unspecified atom stereocenters. The van der Waals surface area contributed by atoms with E-state index in [0.29, 0.717) is 17.7 Å². The van der Waals surface area contributed by atoms with Crippen LogP contribution < -0.4 is 5.46 Å². The highest BCUT2D eigenvalue weighted by molar-refractivity contribution is 6.62. The number of benzene rings is 1. The van der Waals surface area contributed by atoms with Crippen LogP contribution in [0.15, 0.2) is 12.1 Å². The molecule has 1 aromatic carbocycles. The van der Waals surface area contributed by atoms with Crippen LogP contribution in [-0.2, 0) is 18.8 Å². The monoisotopic (exact) mass is 350 g/mol. The fraction of sp³-hybridized carbons (Fsp3) is 0.632. The zero-order valence-corrected chi connectivity index (χ0v) is 16.2. The number of halogens is 1. The molecule has 1 saturated heterocycles. The number of rotatable bonds is 5. The van der Waals surface area contributed by atoms with E-state index in [1.165, 1.54) is 0 Å². The fourth-order valence-corrected chi connectivity index (χ4v) is 2.88. The molecule has 1 atom stereocenters. The quantitative estimate of drug-likeness (QED) is 0.602. The predicted octanol–water partition coefficient (Wildman–Crippen LogP) is 3.49. The van der Waals surface area contributed by atoms with E-state index in [1.807, 2.05) is 34.6 Å². The molecule has 25 heavy (non-hydrogen) atoms. The van der Waals surface area contributed by atoms with Gasteiger partial charge in [-0.1, -0.05) is 19.1 Å². The minimum absolute atomic E-state index is 0.136. The van der Waals surface area contributed by atoms with Crippen LogP contribution in [0.5, 0.6) is 0 Å². The molecule has 2 rings (SSSR count). The average molecular weight is 350 g/mol. The van der Waals surface area contributed by atoms with Gasteiger partial charge in [-0.25, -0.2) is 4.39 Å². The average Bonchev–Trinajstić information content (AvgIpc) is 2.70. The normalized spacial score (nSPS) is 19.8. The van der Waals surface area contributed by atoms with E-state index in [-0.39, 0.29) is 24.1 Å². The van der Waals surface area contributed by atoms with Crippen LogP contribution >= 0.6 is 0 Å². The Balaban J connectivity index is 2.31. The molecule has 1 aliphatic rings. The van der Waals surface area contributed by atoms with Gasteiger partial charge in [-0.15, -0.1) is 0 Å². The third kappa shape index (κ3) is 4.06. The maximum atomic E-state index is 14.6. The summed E-state index contributed by atoms with van der Waals surface area (Å²) in [6.45, 7) is 13.5. The molecule has 1 fully saturated rings. The molecule has 0 amide bonds. The highest BCUT2D eigenvalue weighted by Crippen LogP contribution is 2.37. The minimum atomic E-state index is -0.558. The number of esters is 1. The summed E-state index contributed by atoms with van der Waals surface area (Å²) < 4.78 is 31.7. The van der Waals surface area contributed by atoms with E-state index in [1.54, 1.807) is 26.0 Å². The van der Waals surface area contributed by atoms with Crippen molar-refractivity contribution in [1.29, 1.82) is 0 Å². The SMILES string of the molecule is CCOC(=O)C[C@H](C)c1cc(B2OC(C)(C)C(C)(C)O2)cc(C)c1F. The van der Waals surface area contributed by atoms with Crippen LogP contribution in [0.2, 0.25) is 0 Å². The van der Waals surface area contributed by atoms with Crippen molar-refractivity contribution in [2.45, 2.75) is 72.0 Å². The molecular formula is C19H28BFO4. The molecular weight excluding hydrogens is 322 g/mol. The maximum Gasteiger partial charge on any atom is 0.494 e. The van der Waals surface area contributed by atoms with Gasteiger partial charge < -0.3 is 14.0 Å². The van der Waals surface area contributed by atoms with Crippen LogP contribution in [0.25, 0.3) is 0 Å². The second kappa shape index (κ2) is 7.08. The molecule has 0 aromatic heterocycles. The van der Waals surface area contributed by atoms with E-state index in [0.717, 1.165) is 5.46 Å². The first-order chi connectivity index (χ1) is 11.5. The Morgan fingerprint density at radius 2 is 1.80 bits per heavy atom. The standard InChI is InChI=1S/C19H28BFO4/c1-8-23-16(22)10-12(2)15-11-14(9-13(3)17(15)21)20-24-18(4,5)19(6,7)25-20/h9,11-12H,8,10H2,1-7H3/t12-/m0/s1. The number of carbonyl (C=O) groups is 1. The van der Waals surface area contributed by atoms with Gasteiger partial charge in [-0.2, -0.15) is 0 Å². The smallest absolute Gasteiger partial charge is 0.466 e. The Labute approximate surface area is 150 Å². The van der Waals surface area contributed by atoms with Crippen molar-refractivity contribution in [2.75, 3.05) is 6.61 Å². The third-order valence-electron chi connectivity index (χ3n) is 5.14. The van der Waals surface area contributed by atoms with Crippen molar-refractivity contribution in [3.63, 3.8) is 0 Å². The van der Waals surface area contributed by atoms with Crippen molar-refractivity contribution in [1.82, 2.24) is 0 Å². The summed E-state index contributed by atoms with van der Waals surface area (Å²) in [7, 11) is -0.558. The van der Waals surface area contributed by atoms with Gasteiger partial charge in [0.15, 0.2) is 0 Å². The molecule has 0 radical (unpaired) electrons. The van der Waals surface area contributed by atoms with E-state index < -0.39 is 18.3 Å². The fourth-order valence-electron chi connectivity index (χ4n) is 2.88. The van der Waals surface area contributed by atoms with E-state index in [2.05, 4.69) is 0 Å². The lowest BCUT2D eigenvalue weighted by atomic mass is 9.76. The Morgan fingerprint density at radius 3 is 2.32 bits per heavy atom. The second-order valence-electron chi connectivity index (χ2n) is 7.74. The zero-order chi connectivity index (χ0) is 19.0. The van der Waals surface area contributed by atoms with Crippen LogP contribution in [0.3, 0.4) is 0 Å². The molecule has 138 valence electrons. The lowest BCUT2D eigenvalue weighted by Gasteiger charge is -2.32. The molecule has 4 nitrogen and oxygen atoms in total. The van der Waals surface area contributed by atoms with Gasteiger partial charge >= 0.3 is 13.1 Å². The summed E-state index contributed by atoms with van der Waals surface area (Å²) in [5.41, 5.74) is 0.840. The van der Waals surface area contributed by atoms with Gasteiger partial charge in [0.1, 0.15) is 5.82 Å². The third-order valence-corrected chi connectivity index (χ3v) is 5.14. The maximum absolute atomic E-state index is 14.6. The summed E-state index contributed by atoms with van der Waals surface area (Å²) in [5, 5.41) is 0. The molecule has 1 heterocycles. The minimum Gasteiger partial charge on any atom is -0.466 e. The molecule has 0 N–H and O–H groups in total. The van der Waals surface area contributed by atoms with Gasteiger partial charge in [0.05, 0.1) is 24.2 Å². The van der Waals surface area contributed by atoms with Crippen LogP contribution in [0.4, 0.5) is 4.39 Å². The molecule has 0 saturated carbocycles. The number of hydrogen-bond acceptors (Lipinski definition) is 4. The first-order valence-corrected chi connectivity index (χ1v) is 8.79. The number of aryl methyl sites for hydroxylation is 1. The first-order valence-electron chi connectivity index (χ1n) is 8.79. The van der Waals surface area contributed by atoms with E-state index in [4.69, 9.17) is 14.0 Å². The molecule has 6 heteroatoms. The Morgan fingerprint density at radius 1 is 1.24 bits per heavy atom. The van der Waals surface area contributed by atoms with Crippen molar-refractivity contribution >= 4 is 18.6 Å². The van der Waals surface area contributed by atoms with E-state index in [9.17, 15) is 9.18 Å². The van der Waals surface area contributed by atoms with Crippen LogP contribution in [-0.4, -0.2) is 30.9 Å². The van der Waals surface area contributed by atoms with Crippen LogP contribution in [0.1, 0.15) is 65.0 Å². The highest BCUT2D eigenvalue weighted by atomic mass is 19.1. The van der Waals surface area contributed by atoms with Crippen molar-refractivity contribution in [3.8, 4) is 0 Å². The Hall–Kier alpha value is -1.40. The van der Waals surface area contributed by atoms with Gasteiger partial charge in [-0.05, 0) is 64.1 Å². The highest BCUT2D eigenvalue weighted by Gasteiger charge is 2.51. The molecule has 0 aliphatic carbocycles.